The lowest BCUT2D eigenvalue weighted by Gasteiger charge is -2.36. The summed E-state index contributed by atoms with van der Waals surface area (Å²) in [6.45, 7) is 5.07. The first-order valence-electron chi connectivity index (χ1n) is 8.48. The minimum Gasteiger partial charge on any atom is -0.389 e. The highest BCUT2D eigenvalue weighted by Crippen LogP contribution is 2.31. The minimum atomic E-state index is -0.540. The van der Waals surface area contributed by atoms with E-state index in [-0.39, 0.29) is 6.04 Å². The molecule has 2 aromatic rings. The molecule has 3 rings (SSSR count). The molecule has 0 bridgehead atoms. The summed E-state index contributed by atoms with van der Waals surface area (Å²) >= 11 is 0. The molecule has 124 valence electrons. The maximum absolute atomic E-state index is 10.7. The molecule has 2 N–H and O–H groups in total. The molecule has 1 fully saturated rings. The fraction of sp³-hybridized carbons (Fsp3) is 0.556. The molecule has 1 aromatic heterocycles. The smallest absolute Gasteiger partial charge is 0.0772 e. The molecule has 0 amide bonds. The van der Waals surface area contributed by atoms with Crippen molar-refractivity contribution in [1.29, 1.82) is 0 Å². The highest BCUT2D eigenvalue weighted by atomic mass is 16.3. The van der Waals surface area contributed by atoms with Gasteiger partial charge in [0.25, 0.3) is 0 Å². The second kappa shape index (κ2) is 6.81. The lowest BCUT2D eigenvalue weighted by Crippen LogP contribution is -2.44. The van der Waals surface area contributed by atoms with Crippen LogP contribution in [-0.2, 0) is 0 Å². The van der Waals surface area contributed by atoms with Gasteiger partial charge in [0.1, 0.15) is 0 Å². The maximum atomic E-state index is 10.7. The van der Waals surface area contributed by atoms with E-state index in [0.717, 1.165) is 37.3 Å². The van der Waals surface area contributed by atoms with Crippen molar-refractivity contribution in [2.45, 2.75) is 51.2 Å². The van der Waals surface area contributed by atoms with Crippen LogP contribution in [0.25, 0.3) is 5.69 Å². The van der Waals surface area contributed by atoms with Crippen LogP contribution in [0.15, 0.2) is 36.7 Å². The number of nitrogens with one attached hydrogen (secondary N) is 1. The van der Waals surface area contributed by atoms with Crippen molar-refractivity contribution < 1.29 is 5.11 Å². The van der Waals surface area contributed by atoms with Crippen LogP contribution >= 0.6 is 0 Å². The van der Waals surface area contributed by atoms with E-state index in [4.69, 9.17) is 0 Å². The zero-order chi connectivity index (χ0) is 16.3. The molecular weight excluding hydrogens is 288 g/mol. The Morgan fingerprint density at radius 1 is 1.30 bits per heavy atom. The Kier molecular flexibility index (Phi) is 4.78. The standard InChI is InChI=1S/C18H26N4O/c1-14-7-9-18(23,10-8-14)13-19-15(2)16-3-5-17(6-4-16)22-12-11-20-21-22/h3-6,11-12,14-15,19,23H,7-10,13H2,1-2H3. The van der Waals surface area contributed by atoms with Crippen LogP contribution in [0.5, 0.6) is 0 Å². The number of benzene rings is 1. The molecule has 1 saturated carbocycles. The summed E-state index contributed by atoms with van der Waals surface area (Å²) in [5.74, 6) is 0.747. The average molecular weight is 314 g/mol. The minimum absolute atomic E-state index is 0.211. The molecular formula is C18H26N4O. The van der Waals surface area contributed by atoms with Crippen molar-refractivity contribution >= 4 is 0 Å². The van der Waals surface area contributed by atoms with Crippen LogP contribution in [-0.4, -0.2) is 32.2 Å². The van der Waals surface area contributed by atoms with Crippen LogP contribution in [0.4, 0.5) is 0 Å². The summed E-state index contributed by atoms with van der Waals surface area (Å²) in [7, 11) is 0. The van der Waals surface area contributed by atoms with E-state index in [0.29, 0.717) is 6.54 Å². The molecule has 1 aromatic carbocycles. The number of rotatable bonds is 5. The lowest BCUT2D eigenvalue weighted by atomic mass is 9.79. The van der Waals surface area contributed by atoms with Gasteiger partial charge in [-0.1, -0.05) is 24.3 Å². The summed E-state index contributed by atoms with van der Waals surface area (Å²) in [6.07, 6.45) is 7.55. The summed E-state index contributed by atoms with van der Waals surface area (Å²) < 4.78 is 1.74. The summed E-state index contributed by atoms with van der Waals surface area (Å²) in [6, 6.07) is 8.49. The number of hydrogen-bond donors (Lipinski definition) is 2. The van der Waals surface area contributed by atoms with Crippen LogP contribution < -0.4 is 5.32 Å². The quantitative estimate of drug-likeness (QED) is 0.891. The van der Waals surface area contributed by atoms with Crippen molar-refractivity contribution in [3.05, 3.63) is 42.2 Å². The molecule has 1 aliphatic rings. The van der Waals surface area contributed by atoms with Crippen molar-refractivity contribution in [2.24, 2.45) is 5.92 Å². The van der Waals surface area contributed by atoms with Gasteiger partial charge in [0.05, 0.1) is 23.7 Å². The molecule has 1 unspecified atom stereocenters. The maximum Gasteiger partial charge on any atom is 0.0772 e. The molecule has 1 aliphatic carbocycles. The zero-order valence-electron chi connectivity index (χ0n) is 13.9. The molecule has 5 heteroatoms. The van der Waals surface area contributed by atoms with Crippen LogP contribution in [0.1, 0.15) is 51.1 Å². The molecule has 0 saturated heterocycles. The highest BCUT2D eigenvalue weighted by molar-refractivity contribution is 5.34. The van der Waals surface area contributed by atoms with Crippen LogP contribution in [0, 0.1) is 5.92 Å². The van der Waals surface area contributed by atoms with E-state index < -0.39 is 5.60 Å². The molecule has 0 radical (unpaired) electrons. The third-order valence-corrected chi connectivity index (χ3v) is 5.02. The Labute approximate surface area is 137 Å². The van der Waals surface area contributed by atoms with Gasteiger partial charge in [-0.05, 0) is 56.2 Å². The van der Waals surface area contributed by atoms with E-state index >= 15 is 0 Å². The van der Waals surface area contributed by atoms with Crippen LogP contribution in [0.2, 0.25) is 0 Å². The van der Waals surface area contributed by atoms with Gasteiger partial charge < -0.3 is 10.4 Å². The first-order valence-corrected chi connectivity index (χ1v) is 8.48. The van der Waals surface area contributed by atoms with Crippen molar-refractivity contribution in [3.63, 3.8) is 0 Å². The van der Waals surface area contributed by atoms with E-state index in [1.54, 1.807) is 10.9 Å². The predicted molar refractivity (Wildman–Crippen MR) is 90.4 cm³/mol. The number of nitrogens with zero attached hydrogens (tertiary/aromatic N) is 3. The van der Waals surface area contributed by atoms with E-state index in [9.17, 15) is 5.11 Å². The largest absolute Gasteiger partial charge is 0.389 e. The number of aliphatic hydroxyl groups is 1. The third-order valence-electron chi connectivity index (χ3n) is 5.02. The fourth-order valence-corrected chi connectivity index (χ4v) is 3.20. The van der Waals surface area contributed by atoms with E-state index in [2.05, 4.69) is 41.6 Å². The molecule has 1 heterocycles. The highest BCUT2D eigenvalue weighted by Gasteiger charge is 2.31. The SMILES string of the molecule is CC1CCC(O)(CNC(C)c2ccc(-n3ccnn3)cc2)CC1. The van der Waals surface area contributed by atoms with E-state index in [1.165, 1.54) is 5.56 Å². The van der Waals surface area contributed by atoms with Gasteiger partial charge in [0.15, 0.2) is 0 Å². The molecule has 0 aliphatic heterocycles. The summed E-state index contributed by atoms with van der Waals surface area (Å²) in [4.78, 5) is 0. The van der Waals surface area contributed by atoms with Crippen LogP contribution in [0.3, 0.4) is 0 Å². The van der Waals surface area contributed by atoms with Crippen molar-refractivity contribution in [2.75, 3.05) is 6.54 Å². The topological polar surface area (TPSA) is 63.0 Å². The second-order valence-corrected chi connectivity index (χ2v) is 6.95. The molecule has 5 nitrogen and oxygen atoms in total. The second-order valence-electron chi connectivity index (χ2n) is 6.95. The van der Waals surface area contributed by atoms with Crippen molar-refractivity contribution in [1.82, 2.24) is 20.3 Å². The van der Waals surface area contributed by atoms with Gasteiger partial charge in [0.2, 0.25) is 0 Å². The van der Waals surface area contributed by atoms with Gasteiger partial charge in [-0.25, -0.2) is 4.68 Å². The Morgan fingerprint density at radius 2 is 2.00 bits per heavy atom. The average Bonchev–Trinajstić information content (AvgIpc) is 3.10. The van der Waals surface area contributed by atoms with Gasteiger partial charge in [-0.2, -0.15) is 0 Å². The predicted octanol–water partition coefficient (Wildman–Crippen LogP) is 2.86. The summed E-state index contributed by atoms with van der Waals surface area (Å²) in [5.41, 5.74) is 1.67. The zero-order valence-corrected chi connectivity index (χ0v) is 13.9. The Balaban J connectivity index is 1.57. The van der Waals surface area contributed by atoms with Gasteiger partial charge >= 0.3 is 0 Å². The Morgan fingerprint density at radius 3 is 2.61 bits per heavy atom. The molecule has 0 spiro atoms. The lowest BCUT2D eigenvalue weighted by molar-refractivity contribution is -0.00783. The van der Waals surface area contributed by atoms with Gasteiger partial charge in [0, 0.05) is 12.6 Å². The Hall–Kier alpha value is -1.72. The number of hydrogen-bond acceptors (Lipinski definition) is 4. The first kappa shape index (κ1) is 16.1. The normalized spacial score (nSPS) is 26.1. The van der Waals surface area contributed by atoms with Gasteiger partial charge in [-0.15, -0.1) is 5.10 Å². The summed E-state index contributed by atoms with van der Waals surface area (Å²) in [5, 5.41) is 22.0. The fourth-order valence-electron chi connectivity index (χ4n) is 3.20. The van der Waals surface area contributed by atoms with Gasteiger partial charge in [-0.3, -0.25) is 0 Å². The number of aromatic nitrogens is 3. The monoisotopic (exact) mass is 314 g/mol. The van der Waals surface area contributed by atoms with Crippen molar-refractivity contribution in [3.8, 4) is 5.69 Å². The molecule has 1 atom stereocenters. The molecule has 23 heavy (non-hydrogen) atoms. The Bertz CT molecular complexity index is 600. The van der Waals surface area contributed by atoms with E-state index in [1.807, 2.05) is 18.3 Å². The first-order chi connectivity index (χ1) is 11.1. The third kappa shape index (κ3) is 3.98.